The van der Waals surface area contributed by atoms with Gasteiger partial charge in [-0.05, 0) is 44.2 Å². The number of fused-ring (bicyclic) bond motifs is 1. The third kappa shape index (κ3) is 2.64. The molecule has 0 saturated carbocycles. The molecular weight excluding hydrogens is 262 g/mol. The number of nitrogens with one attached hydrogen (secondary N) is 1. The molecule has 3 rings (SSSR count). The number of halogens is 1. The lowest BCUT2D eigenvalue weighted by Crippen LogP contribution is -2.31. The zero-order valence-corrected chi connectivity index (χ0v) is 11.7. The van der Waals surface area contributed by atoms with Crippen molar-refractivity contribution < 1.29 is 9.15 Å². The lowest BCUT2D eigenvalue weighted by Gasteiger charge is -2.28. The van der Waals surface area contributed by atoms with Gasteiger partial charge in [-0.3, -0.25) is 0 Å². The Labute approximate surface area is 117 Å². The minimum absolute atomic E-state index is 0.200. The zero-order valence-electron chi connectivity index (χ0n) is 11.0. The van der Waals surface area contributed by atoms with Crippen LogP contribution in [0, 0.1) is 5.92 Å². The summed E-state index contributed by atoms with van der Waals surface area (Å²) in [5.41, 5.74) is 0.886. The van der Waals surface area contributed by atoms with E-state index in [2.05, 4.69) is 11.4 Å². The highest BCUT2D eigenvalue weighted by atomic mass is 35.5. The molecule has 1 aliphatic heterocycles. The van der Waals surface area contributed by atoms with Crippen LogP contribution in [0.25, 0.3) is 11.0 Å². The molecule has 1 aliphatic rings. The van der Waals surface area contributed by atoms with Crippen molar-refractivity contribution in [3.05, 3.63) is 35.0 Å². The summed E-state index contributed by atoms with van der Waals surface area (Å²) in [6, 6.07) is 8.00. The maximum absolute atomic E-state index is 6.01. The van der Waals surface area contributed by atoms with Gasteiger partial charge in [0.25, 0.3) is 0 Å². The molecular formula is C15H18ClNO2. The first-order valence-electron chi connectivity index (χ1n) is 6.72. The van der Waals surface area contributed by atoms with Crippen molar-refractivity contribution in [1.29, 1.82) is 0 Å². The second kappa shape index (κ2) is 5.53. The van der Waals surface area contributed by atoms with E-state index in [1.54, 1.807) is 0 Å². The van der Waals surface area contributed by atoms with Crippen LogP contribution in [0.2, 0.25) is 5.02 Å². The van der Waals surface area contributed by atoms with Gasteiger partial charge in [0.05, 0.1) is 12.6 Å². The number of hydrogen-bond donors (Lipinski definition) is 1. The molecule has 0 amide bonds. The Balaban J connectivity index is 1.91. The Bertz CT molecular complexity index is 560. The summed E-state index contributed by atoms with van der Waals surface area (Å²) in [6.45, 7) is 1.67. The molecule has 1 N–H and O–H groups in total. The van der Waals surface area contributed by atoms with Gasteiger partial charge in [0.15, 0.2) is 0 Å². The second-order valence-corrected chi connectivity index (χ2v) is 5.51. The van der Waals surface area contributed by atoms with Gasteiger partial charge in [-0.15, -0.1) is 0 Å². The summed E-state index contributed by atoms with van der Waals surface area (Å²) in [5.74, 6) is 1.44. The summed E-state index contributed by atoms with van der Waals surface area (Å²) in [6.07, 6.45) is 2.29. The van der Waals surface area contributed by atoms with Crippen LogP contribution < -0.4 is 5.32 Å². The molecule has 2 heterocycles. The first-order chi connectivity index (χ1) is 9.28. The maximum atomic E-state index is 6.01. The fraction of sp³-hybridized carbons (Fsp3) is 0.467. The van der Waals surface area contributed by atoms with Crippen LogP contribution in [0.1, 0.15) is 24.6 Å². The minimum atomic E-state index is 0.200. The van der Waals surface area contributed by atoms with Crippen LogP contribution in [0.5, 0.6) is 0 Å². The summed E-state index contributed by atoms with van der Waals surface area (Å²) < 4.78 is 11.5. The van der Waals surface area contributed by atoms with Gasteiger partial charge in [-0.2, -0.15) is 0 Å². The van der Waals surface area contributed by atoms with Crippen LogP contribution in [0.15, 0.2) is 28.7 Å². The van der Waals surface area contributed by atoms with Crippen LogP contribution in [0.4, 0.5) is 0 Å². The van der Waals surface area contributed by atoms with Crippen molar-refractivity contribution >= 4 is 22.6 Å². The third-order valence-corrected chi connectivity index (χ3v) is 4.02. The number of ether oxygens (including phenoxy) is 1. The highest BCUT2D eigenvalue weighted by Crippen LogP contribution is 2.33. The monoisotopic (exact) mass is 279 g/mol. The summed E-state index contributed by atoms with van der Waals surface area (Å²) >= 11 is 6.01. The Morgan fingerprint density at radius 3 is 3.00 bits per heavy atom. The van der Waals surface area contributed by atoms with E-state index >= 15 is 0 Å². The second-order valence-electron chi connectivity index (χ2n) is 5.07. The van der Waals surface area contributed by atoms with Crippen molar-refractivity contribution in [2.75, 3.05) is 20.3 Å². The minimum Gasteiger partial charge on any atom is -0.459 e. The van der Waals surface area contributed by atoms with Crippen molar-refractivity contribution in [3.8, 4) is 0 Å². The van der Waals surface area contributed by atoms with Gasteiger partial charge >= 0.3 is 0 Å². The van der Waals surface area contributed by atoms with E-state index in [1.807, 2.05) is 25.2 Å². The molecule has 0 bridgehead atoms. The van der Waals surface area contributed by atoms with Gasteiger partial charge in [-0.25, -0.2) is 0 Å². The van der Waals surface area contributed by atoms with Crippen molar-refractivity contribution in [3.63, 3.8) is 0 Å². The van der Waals surface area contributed by atoms with E-state index in [-0.39, 0.29) is 6.04 Å². The normalized spacial score (nSPS) is 21.7. The van der Waals surface area contributed by atoms with Gasteiger partial charge in [0, 0.05) is 22.9 Å². The largest absolute Gasteiger partial charge is 0.459 e. The van der Waals surface area contributed by atoms with E-state index in [4.69, 9.17) is 20.8 Å². The third-order valence-electron chi connectivity index (χ3n) is 3.78. The van der Waals surface area contributed by atoms with Crippen LogP contribution >= 0.6 is 11.6 Å². The highest BCUT2D eigenvalue weighted by Gasteiger charge is 2.27. The molecule has 2 aromatic rings. The van der Waals surface area contributed by atoms with E-state index in [0.717, 1.165) is 41.4 Å². The number of benzene rings is 1. The fourth-order valence-corrected chi connectivity index (χ4v) is 3.01. The molecule has 1 aromatic heterocycles. The van der Waals surface area contributed by atoms with E-state index < -0.39 is 0 Å². The summed E-state index contributed by atoms with van der Waals surface area (Å²) in [7, 11) is 1.97. The molecule has 0 radical (unpaired) electrons. The van der Waals surface area contributed by atoms with Crippen LogP contribution in [-0.2, 0) is 4.74 Å². The average molecular weight is 280 g/mol. The van der Waals surface area contributed by atoms with Gasteiger partial charge < -0.3 is 14.5 Å². The molecule has 102 valence electrons. The average Bonchev–Trinajstić information content (AvgIpc) is 2.83. The molecule has 0 aliphatic carbocycles. The van der Waals surface area contributed by atoms with Crippen molar-refractivity contribution in [1.82, 2.24) is 5.32 Å². The quantitative estimate of drug-likeness (QED) is 0.929. The van der Waals surface area contributed by atoms with Gasteiger partial charge in [0.2, 0.25) is 0 Å². The van der Waals surface area contributed by atoms with E-state index in [1.165, 1.54) is 6.42 Å². The number of rotatable bonds is 3. The topological polar surface area (TPSA) is 34.4 Å². The molecule has 3 nitrogen and oxygen atoms in total. The first kappa shape index (κ1) is 13.0. The molecule has 1 fully saturated rings. The van der Waals surface area contributed by atoms with Gasteiger partial charge in [0.1, 0.15) is 11.3 Å². The number of hydrogen-bond acceptors (Lipinski definition) is 3. The Hall–Kier alpha value is -1.03. The Morgan fingerprint density at radius 1 is 1.37 bits per heavy atom. The lowest BCUT2D eigenvalue weighted by molar-refractivity contribution is 0.0371. The molecule has 19 heavy (non-hydrogen) atoms. The van der Waals surface area contributed by atoms with E-state index in [0.29, 0.717) is 5.92 Å². The summed E-state index contributed by atoms with van der Waals surface area (Å²) in [5, 5.41) is 5.15. The Morgan fingerprint density at radius 2 is 2.26 bits per heavy atom. The lowest BCUT2D eigenvalue weighted by atomic mass is 9.92. The predicted molar refractivity (Wildman–Crippen MR) is 76.6 cm³/mol. The maximum Gasteiger partial charge on any atom is 0.134 e. The molecule has 2 atom stereocenters. The standard InChI is InChI=1S/C15H18ClNO2/c1-17-15(10-3-2-6-18-9-10)14-8-11-7-12(16)4-5-13(11)19-14/h4-5,7-8,10,15,17H,2-3,6,9H2,1H3. The van der Waals surface area contributed by atoms with Crippen LogP contribution in [-0.4, -0.2) is 20.3 Å². The Kier molecular flexibility index (Phi) is 3.78. The van der Waals surface area contributed by atoms with Crippen molar-refractivity contribution in [2.24, 2.45) is 5.92 Å². The SMILES string of the molecule is CNC(c1cc2cc(Cl)ccc2o1)C1CCCOC1. The molecule has 1 aromatic carbocycles. The fourth-order valence-electron chi connectivity index (χ4n) is 2.83. The zero-order chi connectivity index (χ0) is 13.2. The smallest absolute Gasteiger partial charge is 0.134 e. The molecule has 0 spiro atoms. The van der Waals surface area contributed by atoms with Gasteiger partial charge in [-0.1, -0.05) is 11.6 Å². The predicted octanol–water partition coefficient (Wildman–Crippen LogP) is 3.77. The molecule has 4 heteroatoms. The molecule has 2 unspecified atom stereocenters. The van der Waals surface area contributed by atoms with E-state index in [9.17, 15) is 0 Å². The first-order valence-corrected chi connectivity index (χ1v) is 7.10. The molecule has 1 saturated heterocycles. The highest BCUT2D eigenvalue weighted by molar-refractivity contribution is 6.31. The van der Waals surface area contributed by atoms with Crippen LogP contribution in [0.3, 0.4) is 0 Å². The van der Waals surface area contributed by atoms with Crippen molar-refractivity contribution in [2.45, 2.75) is 18.9 Å². The summed E-state index contributed by atoms with van der Waals surface area (Å²) in [4.78, 5) is 0. The number of furan rings is 1.